The van der Waals surface area contributed by atoms with Crippen molar-refractivity contribution in [3.63, 3.8) is 0 Å². The number of carbonyl (C=O) groups is 2. The first-order valence-corrected chi connectivity index (χ1v) is 13.1. The van der Waals surface area contributed by atoms with Crippen LogP contribution in [0, 0.1) is 10.7 Å². The molecule has 4 rings (SSSR count). The Morgan fingerprint density at radius 2 is 1.74 bits per heavy atom. The normalized spacial score (nSPS) is 13.6. The molecule has 3 aromatic carbocycles. The summed E-state index contributed by atoms with van der Waals surface area (Å²) in [6.07, 6.45) is 3.29. The van der Waals surface area contributed by atoms with E-state index in [1.807, 2.05) is 0 Å². The van der Waals surface area contributed by atoms with E-state index in [4.69, 9.17) is 5.11 Å². The molecule has 0 atom stereocenters. The van der Waals surface area contributed by atoms with Crippen LogP contribution >= 0.6 is 0 Å². The Hall–Kier alpha value is -3.58. The van der Waals surface area contributed by atoms with Gasteiger partial charge in [-0.2, -0.15) is 0 Å². The van der Waals surface area contributed by atoms with E-state index in [9.17, 15) is 9.59 Å². The molecule has 0 unspecified atom stereocenters. The molecule has 0 spiro atoms. The number of hydrogen-bond donors (Lipinski definition) is 2. The standard InChI is InChI=1S/C30H27NO3Se/c1-20(32)31-19-22-6-8-23(9-7-22)26-14-16-30(2,3)28-18-25(12-13-27(26)28)35-17-15-21-4-10-24(11-5-21)29(33)34/h4-14,18H,16,19H2,1-3H3,(H,31,32)(H,33,34). The van der Waals surface area contributed by atoms with Gasteiger partial charge in [-0.25, -0.2) is 0 Å². The van der Waals surface area contributed by atoms with Gasteiger partial charge < -0.3 is 0 Å². The van der Waals surface area contributed by atoms with E-state index in [1.54, 1.807) is 24.3 Å². The van der Waals surface area contributed by atoms with Crippen molar-refractivity contribution in [2.45, 2.75) is 39.2 Å². The third kappa shape index (κ3) is 5.92. The molecule has 0 radical (unpaired) electrons. The van der Waals surface area contributed by atoms with Crippen molar-refractivity contribution in [3.05, 3.63) is 106 Å². The number of nitrogens with one attached hydrogen (secondary N) is 1. The average molecular weight is 529 g/mol. The van der Waals surface area contributed by atoms with Gasteiger partial charge in [0.2, 0.25) is 0 Å². The number of carboxylic acids is 1. The van der Waals surface area contributed by atoms with Gasteiger partial charge in [-0.15, -0.1) is 0 Å². The van der Waals surface area contributed by atoms with Crippen molar-refractivity contribution < 1.29 is 14.7 Å². The van der Waals surface area contributed by atoms with Crippen molar-refractivity contribution >= 4 is 36.9 Å². The topological polar surface area (TPSA) is 66.4 Å². The monoisotopic (exact) mass is 529 g/mol. The summed E-state index contributed by atoms with van der Waals surface area (Å²) in [5.74, 6) is 2.20. The molecule has 0 fully saturated rings. The maximum atomic E-state index is 11.2. The third-order valence-corrected chi connectivity index (χ3v) is 7.58. The average Bonchev–Trinajstić information content (AvgIpc) is 2.84. The first-order valence-electron chi connectivity index (χ1n) is 11.4. The minimum absolute atomic E-state index is 0.0107. The quantitative estimate of drug-likeness (QED) is 0.380. The Balaban J connectivity index is 1.54. The predicted molar refractivity (Wildman–Crippen MR) is 141 cm³/mol. The van der Waals surface area contributed by atoms with E-state index < -0.39 is 5.97 Å². The summed E-state index contributed by atoms with van der Waals surface area (Å²) in [6.45, 7) is 6.62. The SMILES string of the molecule is CC(=O)NCc1ccc(C2=CCC(C)(C)c3cc([Se]C#Cc4ccc(C(=O)O)cc4)ccc32)cc1. The summed E-state index contributed by atoms with van der Waals surface area (Å²) in [4.78, 5) is 25.5. The molecule has 2 N–H and O–H groups in total. The van der Waals surface area contributed by atoms with E-state index in [-0.39, 0.29) is 31.8 Å². The summed E-state index contributed by atoms with van der Waals surface area (Å²) < 4.78 is 1.23. The van der Waals surface area contributed by atoms with Crippen LogP contribution in [0.25, 0.3) is 5.57 Å². The van der Waals surface area contributed by atoms with Crippen LogP contribution in [-0.2, 0) is 16.8 Å². The molecule has 0 saturated heterocycles. The molecule has 0 bridgehead atoms. The fourth-order valence-electron chi connectivity index (χ4n) is 4.10. The second kappa shape index (κ2) is 10.4. The van der Waals surface area contributed by atoms with E-state index in [1.165, 1.54) is 33.6 Å². The second-order valence-corrected chi connectivity index (χ2v) is 11.1. The fourth-order valence-corrected chi connectivity index (χ4v) is 5.36. The zero-order valence-electron chi connectivity index (χ0n) is 20.0. The van der Waals surface area contributed by atoms with Crippen LogP contribution in [0.5, 0.6) is 0 Å². The Labute approximate surface area is 212 Å². The number of fused-ring (bicyclic) bond motifs is 1. The molecule has 35 heavy (non-hydrogen) atoms. The van der Waals surface area contributed by atoms with Crippen molar-refractivity contribution in [3.8, 4) is 10.7 Å². The Bertz CT molecular complexity index is 1360. The molecule has 0 saturated carbocycles. The van der Waals surface area contributed by atoms with Crippen LogP contribution in [0.1, 0.15) is 65.4 Å². The molecule has 1 aliphatic carbocycles. The van der Waals surface area contributed by atoms with Gasteiger partial charge in [0.15, 0.2) is 0 Å². The molecule has 0 aliphatic heterocycles. The van der Waals surface area contributed by atoms with E-state index in [0.29, 0.717) is 6.54 Å². The van der Waals surface area contributed by atoms with Gasteiger partial charge in [-0.1, -0.05) is 0 Å². The number of benzene rings is 3. The number of aromatic carboxylic acids is 1. The molecule has 3 aromatic rings. The molecule has 1 amide bonds. The number of carboxylic acid groups (broad SMARTS) is 1. The number of hydrogen-bond acceptors (Lipinski definition) is 2. The second-order valence-electron chi connectivity index (χ2n) is 9.23. The van der Waals surface area contributed by atoms with Crippen molar-refractivity contribution in [1.82, 2.24) is 5.32 Å². The summed E-state index contributed by atoms with van der Waals surface area (Å²) in [5.41, 5.74) is 7.22. The van der Waals surface area contributed by atoms with Crippen LogP contribution in [0.15, 0.2) is 72.8 Å². The third-order valence-electron chi connectivity index (χ3n) is 6.13. The number of rotatable bonds is 5. The van der Waals surface area contributed by atoms with E-state index in [2.05, 4.69) is 78.4 Å². The Morgan fingerprint density at radius 3 is 2.40 bits per heavy atom. The fraction of sp³-hybridized carbons (Fsp3) is 0.200. The first kappa shape index (κ1) is 24.5. The van der Waals surface area contributed by atoms with Crippen LogP contribution in [0.3, 0.4) is 0 Å². The molecule has 5 heteroatoms. The minimum atomic E-state index is -0.931. The maximum absolute atomic E-state index is 11.2. The summed E-state index contributed by atoms with van der Waals surface area (Å²) in [7, 11) is 0. The van der Waals surface area contributed by atoms with Gasteiger partial charge in [0.25, 0.3) is 0 Å². The zero-order chi connectivity index (χ0) is 25.0. The van der Waals surface area contributed by atoms with Gasteiger partial charge in [0, 0.05) is 6.92 Å². The summed E-state index contributed by atoms with van der Waals surface area (Å²) in [5, 5.41) is 11.9. The van der Waals surface area contributed by atoms with Gasteiger partial charge in [-0.3, -0.25) is 4.79 Å². The summed E-state index contributed by atoms with van der Waals surface area (Å²) in [6, 6.07) is 21.8. The Kier molecular flexibility index (Phi) is 7.26. The van der Waals surface area contributed by atoms with Gasteiger partial charge in [0.1, 0.15) is 0 Å². The van der Waals surface area contributed by atoms with Crippen molar-refractivity contribution in [2.75, 3.05) is 0 Å². The van der Waals surface area contributed by atoms with E-state index in [0.717, 1.165) is 17.5 Å². The number of carbonyl (C=O) groups excluding carboxylic acids is 1. The van der Waals surface area contributed by atoms with Gasteiger partial charge in [-0.05, 0) is 0 Å². The number of amides is 1. The van der Waals surface area contributed by atoms with Crippen molar-refractivity contribution in [1.29, 1.82) is 0 Å². The molecule has 176 valence electrons. The van der Waals surface area contributed by atoms with Gasteiger partial charge >= 0.3 is 201 Å². The van der Waals surface area contributed by atoms with Crippen LogP contribution < -0.4 is 9.78 Å². The first-order chi connectivity index (χ1) is 16.7. The van der Waals surface area contributed by atoms with Crippen LogP contribution in [0.2, 0.25) is 0 Å². The van der Waals surface area contributed by atoms with Crippen LogP contribution in [-0.4, -0.2) is 31.9 Å². The molecule has 1 aliphatic rings. The zero-order valence-corrected chi connectivity index (χ0v) is 21.7. The predicted octanol–water partition coefficient (Wildman–Crippen LogP) is 4.47. The molecular formula is C30H27NO3Se. The molecular weight excluding hydrogens is 501 g/mol. The van der Waals surface area contributed by atoms with Crippen LogP contribution in [0.4, 0.5) is 0 Å². The van der Waals surface area contributed by atoms with Crippen molar-refractivity contribution in [2.24, 2.45) is 0 Å². The molecule has 0 aromatic heterocycles. The molecule has 4 nitrogen and oxygen atoms in total. The van der Waals surface area contributed by atoms with Gasteiger partial charge in [0.05, 0.1) is 0 Å². The Morgan fingerprint density at radius 1 is 1.03 bits per heavy atom. The summed E-state index contributed by atoms with van der Waals surface area (Å²) >= 11 is -0.0107. The molecule has 0 heterocycles. The van der Waals surface area contributed by atoms with E-state index >= 15 is 0 Å². The number of allylic oxidation sites excluding steroid dienone is 1.